The van der Waals surface area contributed by atoms with E-state index in [0.717, 1.165) is 26.2 Å². The van der Waals surface area contributed by atoms with E-state index in [1.807, 2.05) is 0 Å². The molecule has 0 spiro atoms. The minimum atomic E-state index is 0.0248. The topological polar surface area (TPSA) is 95.4 Å². The van der Waals surface area contributed by atoms with E-state index in [0.29, 0.717) is 18.4 Å². The first-order valence-electron chi connectivity index (χ1n) is 5.94. The number of aromatic nitrogens is 3. The maximum atomic E-state index is 8.79. The van der Waals surface area contributed by atoms with Crippen molar-refractivity contribution in [1.29, 1.82) is 0 Å². The molecule has 0 unspecified atom stereocenters. The van der Waals surface area contributed by atoms with Crippen molar-refractivity contribution in [2.24, 2.45) is 0 Å². The minimum absolute atomic E-state index is 0.0248. The highest BCUT2D eigenvalue weighted by atomic mass is 16.5. The molecule has 1 fully saturated rings. The first-order valence-corrected chi connectivity index (χ1v) is 5.94. The molecule has 8 nitrogen and oxygen atoms in total. The lowest BCUT2D eigenvalue weighted by molar-refractivity contribution is 0.310. The van der Waals surface area contributed by atoms with Crippen molar-refractivity contribution in [2.45, 2.75) is 0 Å². The van der Waals surface area contributed by atoms with Crippen molar-refractivity contribution in [3.8, 4) is 6.01 Å². The molecule has 18 heavy (non-hydrogen) atoms. The highest BCUT2D eigenvalue weighted by molar-refractivity contribution is 5.38. The quantitative estimate of drug-likeness (QED) is 0.596. The number of hydrogen-bond acceptors (Lipinski definition) is 8. The van der Waals surface area contributed by atoms with Gasteiger partial charge >= 0.3 is 6.01 Å². The molecule has 0 aliphatic carbocycles. The highest BCUT2D eigenvalue weighted by Gasteiger charge is 2.15. The van der Waals surface area contributed by atoms with Gasteiger partial charge in [-0.3, -0.25) is 0 Å². The van der Waals surface area contributed by atoms with Gasteiger partial charge in [-0.05, 0) is 0 Å². The first kappa shape index (κ1) is 12.8. The van der Waals surface area contributed by atoms with Gasteiger partial charge in [0.1, 0.15) is 0 Å². The van der Waals surface area contributed by atoms with Crippen LogP contribution in [-0.4, -0.2) is 66.5 Å². The van der Waals surface area contributed by atoms with Crippen LogP contribution in [0.2, 0.25) is 0 Å². The summed E-state index contributed by atoms with van der Waals surface area (Å²) in [5.74, 6) is 1.02. The van der Waals surface area contributed by atoms with Crippen LogP contribution < -0.4 is 20.3 Å². The molecule has 1 aromatic heterocycles. The van der Waals surface area contributed by atoms with Gasteiger partial charge in [-0.15, -0.1) is 0 Å². The number of rotatable bonds is 5. The second-order valence-electron chi connectivity index (χ2n) is 3.83. The number of aliphatic hydroxyl groups is 1. The Kier molecular flexibility index (Phi) is 4.48. The number of nitrogens with zero attached hydrogens (tertiary/aromatic N) is 4. The van der Waals surface area contributed by atoms with Crippen LogP contribution in [0.5, 0.6) is 6.01 Å². The van der Waals surface area contributed by atoms with Gasteiger partial charge in [-0.25, -0.2) is 0 Å². The number of nitrogens with one attached hydrogen (secondary N) is 2. The number of piperazine rings is 1. The third-order valence-electron chi connectivity index (χ3n) is 2.58. The molecule has 2 rings (SSSR count). The molecule has 1 saturated heterocycles. The van der Waals surface area contributed by atoms with Gasteiger partial charge in [0, 0.05) is 32.7 Å². The molecule has 0 radical (unpaired) electrons. The Morgan fingerprint density at radius 2 is 2.11 bits per heavy atom. The smallest absolute Gasteiger partial charge is 0.322 e. The predicted octanol–water partition coefficient (Wildman–Crippen LogP) is -1.31. The summed E-state index contributed by atoms with van der Waals surface area (Å²) in [6, 6.07) is 0.277. The lowest BCUT2D eigenvalue weighted by Crippen LogP contribution is -2.44. The van der Waals surface area contributed by atoms with Crippen molar-refractivity contribution in [3.63, 3.8) is 0 Å². The van der Waals surface area contributed by atoms with Gasteiger partial charge < -0.3 is 25.4 Å². The van der Waals surface area contributed by atoms with Crippen molar-refractivity contribution in [1.82, 2.24) is 20.3 Å². The minimum Gasteiger partial charge on any atom is -0.467 e. The van der Waals surface area contributed by atoms with Crippen LogP contribution in [0.1, 0.15) is 0 Å². The Hall–Kier alpha value is -1.67. The molecule has 1 aliphatic heterocycles. The van der Waals surface area contributed by atoms with Gasteiger partial charge in [-0.1, -0.05) is 0 Å². The summed E-state index contributed by atoms with van der Waals surface area (Å²) in [7, 11) is 1.52. The largest absolute Gasteiger partial charge is 0.467 e. The number of anilines is 2. The lowest BCUT2D eigenvalue weighted by atomic mass is 10.4. The average Bonchev–Trinajstić information content (AvgIpc) is 2.45. The van der Waals surface area contributed by atoms with Crippen molar-refractivity contribution in [3.05, 3.63) is 0 Å². The monoisotopic (exact) mass is 254 g/mol. The Morgan fingerprint density at radius 3 is 2.78 bits per heavy atom. The first-order chi connectivity index (χ1) is 8.83. The van der Waals surface area contributed by atoms with E-state index in [9.17, 15) is 0 Å². The van der Waals surface area contributed by atoms with Crippen molar-refractivity contribution < 1.29 is 9.84 Å². The molecule has 8 heteroatoms. The van der Waals surface area contributed by atoms with Gasteiger partial charge in [0.15, 0.2) is 0 Å². The van der Waals surface area contributed by atoms with Crippen molar-refractivity contribution in [2.75, 3.05) is 56.7 Å². The van der Waals surface area contributed by atoms with Crippen LogP contribution in [0, 0.1) is 0 Å². The van der Waals surface area contributed by atoms with Crippen molar-refractivity contribution >= 4 is 11.9 Å². The lowest BCUT2D eigenvalue weighted by Gasteiger charge is -2.27. The normalized spacial score (nSPS) is 15.6. The second-order valence-corrected chi connectivity index (χ2v) is 3.83. The molecular formula is C10H18N6O2. The van der Waals surface area contributed by atoms with Crippen LogP contribution in [0.15, 0.2) is 0 Å². The number of methoxy groups -OCH3 is 1. The number of aliphatic hydroxyl groups excluding tert-OH is 1. The Labute approximate surface area is 105 Å². The summed E-state index contributed by atoms with van der Waals surface area (Å²) in [5, 5.41) is 15.0. The third-order valence-corrected chi connectivity index (χ3v) is 2.58. The van der Waals surface area contributed by atoms with Gasteiger partial charge in [0.2, 0.25) is 11.9 Å². The van der Waals surface area contributed by atoms with Crippen LogP contribution >= 0.6 is 0 Å². The van der Waals surface area contributed by atoms with Crippen LogP contribution in [0.3, 0.4) is 0 Å². The van der Waals surface area contributed by atoms with Crippen LogP contribution in [0.4, 0.5) is 11.9 Å². The Bertz CT molecular complexity index is 383. The van der Waals surface area contributed by atoms with E-state index in [4.69, 9.17) is 9.84 Å². The molecule has 0 atom stereocenters. The van der Waals surface area contributed by atoms with Gasteiger partial charge in [0.25, 0.3) is 0 Å². The molecule has 100 valence electrons. The molecule has 3 N–H and O–H groups in total. The van der Waals surface area contributed by atoms with E-state index < -0.39 is 0 Å². The fourth-order valence-electron chi connectivity index (χ4n) is 1.69. The number of ether oxygens (including phenoxy) is 1. The fraction of sp³-hybridized carbons (Fsp3) is 0.700. The summed E-state index contributed by atoms with van der Waals surface area (Å²) < 4.78 is 5.06. The molecular weight excluding hydrogens is 236 g/mol. The summed E-state index contributed by atoms with van der Waals surface area (Å²) in [5.41, 5.74) is 0. The second kappa shape index (κ2) is 6.31. The fourth-order valence-corrected chi connectivity index (χ4v) is 1.69. The molecule has 0 amide bonds. The summed E-state index contributed by atoms with van der Waals surface area (Å²) in [6.45, 7) is 3.95. The Balaban J connectivity index is 2.16. The zero-order chi connectivity index (χ0) is 12.8. The SMILES string of the molecule is COc1nc(NCCO)nc(N2CCNCC2)n1. The maximum absolute atomic E-state index is 8.79. The van der Waals surface area contributed by atoms with E-state index >= 15 is 0 Å². The van der Waals surface area contributed by atoms with E-state index in [2.05, 4.69) is 30.5 Å². The molecule has 0 saturated carbocycles. The summed E-state index contributed by atoms with van der Waals surface area (Å²) in [6.07, 6.45) is 0. The van der Waals surface area contributed by atoms with E-state index in [1.54, 1.807) is 0 Å². The highest BCUT2D eigenvalue weighted by Crippen LogP contribution is 2.14. The maximum Gasteiger partial charge on any atom is 0.322 e. The molecule has 0 bridgehead atoms. The van der Waals surface area contributed by atoms with E-state index in [1.165, 1.54) is 7.11 Å². The predicted molar refractivity (Wildman–Crippen MR) is 67.0 cm³/mol. The molecule has 2 heterocycles. The van der Waals surface area contributed by atoms with Gasteiger partial charge in [-0.2, -0.15) is 15.0 Å². The average molecular weight is 254 g/mol. The summed E-state index contributed by atoms with van der Waals surface area (Å²) >= 11 is 0. The van der Waals surface area contributed by atoms with E-state index in [-0.39, 0.29) is 12.6 Å². The zero-order valence-electron chi connectivity index (χ0n) is 10.4. The molecule has 0 aromatic carbocycles. The molecule has 1 aromatic rings. The summed E-state index contributed by atoms with van der Waals surface area (Å²) in [4.78, 5) is 14.7. The Morgan fingerprint density at radius 1 is 1.33 bits per heavy atom. The van der Waals surface area contributed by atoms with Crippen LogP contribution in [-0.2, 0) is 0 Å². The number of hydrogen-bond donors (Lipinski definition) is 3. The molecule has 1 aliphatic rings. The van der Waals surface area contributed by atoms with Crippen LogP contribution in [0.25, 0.3) is 0 Å². The third kappa shape index (κ3) is 3.17. The standard InChI is InChI=1S/C10H18N6O2/c1-18-10-14-8(12-4-7-17)13-9(15-10)16-5-2-11-3-6-16/h11,17H,2-7H2,1H3,(H,12,13,14,15). The zero-order valence-corrected chi connectivity index (χ0v) is 10.4. The van der Waals surface area contributed by atoms with Gasteiger partial charge in [0.05, 0.1) is 13.7 Å².